The van der Waals surface area contributed by atoms with Gasteiger partial charge in [-0.2, -0.15) is 0 Å². The smallest absolute Gasteiger partial charge is 0.238 e. The van der Waals surface area contributed by atoms with Crippen LogP contribution in [-0.2, 0) is 19.1 Å². The summed E-state index contributed by atoms with van der Waals surface area (Å²) in [6.07, 6.45) is 3.79. The molecule has 3 aromatic rings. The molecule has 6 nitrogen and oxygen atoms in total. The molecule has 2 fully saturated rings. The summed E-state index contributed by atoms with van der Waals surface area (Å²) in [5.74, 6) is -1.13. The lowest BCUT2D eigenvalue weighted by molar-refractivity contribution is -0.122. The Hall–Kier alpha value is -3.71. The number of rotatable bonds is 8. The van der Waals surface area contributed by atoms with E-state index >= 15 is 0 Å². The number of ether oxygens (including phenoxy) is 2. The quantitative estimate of drug-likeness (QED) is 0.189. The number of phenols is 1. The van der Waals surface area contributed by atoms with E-state index in [9.17, 15) is 14.7 Å². The summed E-state index contributed by atoms with van der Waals surface area (Å²) in [5.41, 5.74) is 5.81. The second-order valence-electron chi connectivity index (χ2n) is 10.9. The first-order valence-corrected chi connectivity index (χ1v) is 14.3. The number of phenolic OH excluding ortho intramolecular Hbond substituents is 1. The third-order valence-corrected chi connectivity index (χ3v) is 8.80. The Kier molecular flexibility index (Phi) is 7.80. The Bertz CT molecular complexity index is 1520. The largest absolute Gasteiger partial charge is 0.508 e. The standard InChI is InChI=1S/C34H32ClNO5/c1-40-19-24-17-27-32(34(39)36(33(27)38)25-10-6-3-7-11-25)28-20-41-30(31(24)28)15-13-22(21-8-4-2-5-9-21)16-23-12-14-26(37)18-29(23)35/h2-12,14,16,18,27-28,30,32,37H,13,15,17,19-20H2,1H3/b22-16-/t27-,28+,30-,32-/m1/s1. The first-order chi connectivity index (χ1) is 20.0. The molecule has 2 amide bonds. The summed E-state index contributed by atoms with van der Waals surface area (Å²) in [6, 6.07) is 24.3. The molecule has 2 saturated heterocycles. The zero-order valence-corrected chi connectivity index (χ0v) is 23.6. The molecule has 2 aliphatic heterocycles. The van der Waals surface area contributed by atoms with Crippen LogP contribution in [0.1, 0.15) is 30.4 Å². The maximum absolute atomic E-state index is 13.7. The van der Waals surface area contributed by atoms with Crippen molar-refractivity contribution >= 4 is 40.8 Å². The van der Waals surface area contributed by atoms with Gasteiger partial charge in [0.25, 0.3) is 0 Å². The summed E-state index contributed by atoms with van der Waals surface area (Å²) in [5, 5.41) is 10.3. The minimum Gasteiger partial charge on any atom is -0.508 e. The topological polar surface area (TPSA) is 76.1 Å². The zero-order valence-electron chi connectivity index (χ0n) is 22.8. The number of hydrogen-bond acceptors (Lipinski definition) is 5. The molecule has 41 heavy (non-hydrogen) atoms. The number of anilines is 1. The highest BCUT2D eigenvalue weighted by Gasteiger charge is 2.57. The molecule has 7 heteroatoms. The van der Waals surface area contributed by atoms with Crippen LogP contribution in [0.15, 0.2) is 90.0 Å². The predicted octanol–water partition coefficient (Wildman–Crippen LogP) is 6.53. The average Bonchev–Trinajstić information content (AvgIpc) is 3.51. The van der Waals surface area contributed by atoms with E-state index < -0.39 is 11.8 Å². The number of halogens is 1. The van der Waals surface area contributed by atoms with Gasteiger partial charge in [-0.25, -0.2) is 0 Å². The number of methoxy groups -OCH3 is 1. The van der Waals surface area contributed by atoms with Crippen molar-refractivity contribution in [3.63, 3.8) is 0 Å². The van der Waals surface area contributed by atoms with Crippen LogP contribution in [0.3, 0.4) is 0 Å². The monoisotopic (exact) mass is 569 g/mol. The van der Waals surface area contributed by atoms with E-state index in [2.05, 4.69) is 18.2 Å². The van der Waals surface area contributed by atoms with E-state index in [1.54, 1.807) is 19.2 Å². The van der Waals surface area contributed by atoms with Crippen LogP contribution in [0.2, 0.25) is 5.02 Å². The molecule has 3 aromatic carbocycles. The molecule has 0 unspecified atom stereocenters. The molecule has 0 aromatic heterocycles. The number of aromatic hydroxyl groups is 1. The van der Waals surface area contributed by atoms with Crippen LogP contribution in [0.5, 0.6) is 5.75 Å². The van der Waals surface area contributed by atoms with E-state index in [4.69, 9.17) is 21.1 Å². The first-order valence-electron chi connectivity index (χ1n) is 14.0. The molecule has 3 aliphatic rings. The molecule has 2 heterocycles. The molecule has 0 spiro atoms. The van der Waals surface area contributed by atoms with Gasteiger partial charge in [-0.15, -0.1) is 0 Å². The SMILES string of the molecule is COCC1=C2[C@@H](CC/C(=C/c3ccc(O)cc3Cl)c3ccccc3)OC[C@@H]2[C@@H]2C(=O)N(c3ccccc3)C(=O)[C@@H]2C1. The summed E-state index contributed by atoms with van der Waals surface area (Å²) in [6.45, 7) is 0.816. The number of imide groups is 1. The Morgan fingerprint density at radius 2 is 1.76 bits per heavy atom. The molecular formula is C34H32ClNO5. The van der Waals surface area contributed by atoms with Crippen LogP contribution >= 0.6 is 11.6 Å². The van der Waals surface area contributed by atoms with E-state index in [1.807, 2.05) is 54.6 Å². The van der Waals surface area contributed by atoms with Gasteiger partial charge in [-0.05, 0) is 83.5 Å². The van der Waals surface area contributed by atoms with Crippen molar-refractivity contribution in [2.75, 3.05) is 25.2 Å². The third kappa shape index (κ3) is 5.23. The first kappa shape index (κ1) is 27.5. The molecule has 6 rings (SSSR count). The number of allylic oxidation sites excluding steroid dienone is 1. The number of amides is 2. The van der Waals surface area contributed by atoms with Gasteiger partial charge >= 0.3 is 0 Å². The molecule has 1 N–H and O–H groups in total. The lowest BCUT2D eigenvalue weighted by Crippen LogP contribution is -2.35. The Balaban J connectivity index is 1.29. The fourth-order valence-corrected chi connectivity index (χ4v) is 6.90. The molecule has 1 aliphatic carbocycles. The number of para-hydroxylation sites is 1. The fraction of sp³-hybridized carbons (Fsp3) is 0.294. The van der Waals surface area contributed by atoms with Gasteiger partial charge in [0.05, 0.1) is 41.9 Å². The van der Waals surface area contributed by atoms with E-state index in [0.29, 0.717) is 43.2 Å². The molecule has 0 bridgehead atoms. The van der Waals surface area contributed by atoms with Crippen molar-refractivity contribution < 1.29 is 24.2 Å². The van der Waals surface area contributed by atoms with Crippen LogP contribution < -0.4 is 4.90 Å². The van der Waals surface area contributed by atoms with Crippen molar-refractivity contribution in [1.82, 2.24) is 0 Å². The van der Waals surface area contributed by atoms with Crippen molar-refractivity contribution in [2.24, 2.45) is 17.8 Å². The highest BCUT2D eigenvalue weighted by Crippen LogP contribution is 2.50. The van der Waals surface area contributed by atoms with Crippen LogP contribution in [0.4, 0.5) is 5.69 Å². The van der Waals surface area contributed by atoms with Gasteiger partial charge in [-0.1, -0.05) is 60.1 Å². The molecule has 210 valence electrons. The highest BCUT2D eigenvalue weighted by atomic mass is 35.5. The van der Waals surface area contributed by atoms with Gasteiger partial charge < -0.3 is 14.6 Å². The van der Waals surface area contributed by atoms with Crippen LogP contribution in [-0.4, -0.2) is 43.3 Å². The lowest BCUT2D eigenvalue weighted by Gasteiger charge is -2.31. The number of carbonyl (C=O) groups excluding carboxylic acids is 2. The van der Waals surface area contributed by atoms with Crippen molar-refractivity contribution in [3.05, 3.63) is 106 Å². The fourth-order valence-electron chi connectivity index (χ4n) is 6.67. The molecule has 0 radical (unpaired) electrons. The number of hydrogen-bond donors (Lipinski definition) is 1. The van der Waals surface area contributed by atoms with Crippen molar-refractivity contribution in [2.45, 2.75) is 25.4 Å². The molecule has 4 atom stereocenters. The second kappa shape index (κ2) is 11.6. The van der Waals surface area contributed by atoms with Gasteiger partial charge in [0.15, 0.2) is 0 Å². The number of benzene rings is 3. The number of fused-ring (bicyclic) bond motifs is 3. The van der Waals surface area contributed by atoms with Crippen LogP contribution in [0.25, 0.3) is 11.6 Å². The third-order valence-electron chi connectivity index (χ3n) is 8.48. The van der Waals surface area contributed by atoms with E-state index in [-0.39, 0.29) is 29.6 Å². The Morgan fingerprint density at radius 1 is 1.02 bits per heavy atom. The number of carbonyl (C=O) groups is 2. The summed E-state index contributed by atoms with van der Waals surface area (Å²) in [7, 11) is 1.66. The van der Waals surface area contributed by atoms with Crippen LogP contribution in [0, 0.1) is 17.8 Å². The normalized spacial score (nSPS) is 24.1. The maximum Gasteiger partial charge on any atom is 0.238 e. The minimum atomic E-state index is -0.428. The lowest BCUT2D eigenvalue weighted by atomic mass is 9.69. The number of nitrogens with zero attached hydrogens (tertiary/aromatic N) is 1. The Labute approximate surface area is 244 Å². The second-order valence-corrected chi connectivity index (χ2v) is 11.3. The minimum absolute atomic E-state index is 0.123. The van der Waals surface area contributed by atoms with Gasteiger partial charge in [-0.3, -0.25) is 14.5 Å². The van der Waals surface area contributed by atoms with Gasteiger partial charge in [0.2, 0.25) is 11.8 Å². The van der Waals surface area contributed by atoms with E-state index in [0.717, 1.165) is 27.8 Å². The molecule has 0 saturated carbocycles. The summed E-state index contributed by atoms with van der Waals surface area (Å²) < 4.78 is 12.0. The van der Waals surface area contributed by atoms with Gasteiger partial charge in [0.1, 0.15) is 5.75 Å². The zero-order chi connectivity index (χ0) is 28.5. The summed E-state index contributed by atoms with van der Waals surface area (Å²) in [4.78, 5) is 28.6. The van der Waals surface area contributed by atoms with Gasteiger partial charge in [0, 0.05) is 13.0 Å². The predicted molar refractivity (Wildman–Crippen MR) is 159 cm³/mol. The van der Waals surface area contributed by atoms with Crippen molar-refractivity contribution in [3.8, 4) is 5.75 Å². The average molecular weight is 570 g/mol. The van der Waals surface area contributed by atoms with Crippen molar-refractivity contribution in [1.29, 1.82) is 0 Å². The highest BCUT2D eigenvalue weighted by molar-refractivity contribution is 6.32. The maximum atomic E-state index is 13.7. The molecular weight excluding hydrogens is 538 g/mol. The summed E-state index contributed by atoms with van der Waals surface area (Å²) >= 11 is 6.45. The van der Waals surface area contributed by atoms with E-state index in [1.165, 1.54) is 4.90 Å². The Morgan fingerprint density at radius 3 is 2.46 bits per heavy atom.